The van der Waals surface area contributed by atoms with E-state index in [1.165, 1.54) is 25.7 Å². The lowest BCUT2D eigenvalue weighted by molar-refractivity contribution is 0.166. The number of nitrogen functional groups attached to an aromatic ring is 1. The van der Waals surface area contributed by atoms with Gasteiger partial charge in [0.25, 0.3) is 0 Å². The maximum atomic E-state index is 5.46. The zero-order chi connectivity index (χ0) is 13.7. The van der Waals surface area contributed by atoms with E-state index in [1.54, 1.807) is 0 Å². The Hall–Kier alpha value is -1.13. The number of nitrogens with one attached hydrogen (secondary N) is 1. The van der Waals surface area contributed by atoms with Gasteiger partial charge in [0.1, 0.15) is 0 Å². The summed E-state index contributed by atoms with van der Waals surface area (Å²) >= 11 is 0. The highest BCUT2D eigenvalue weighted by Gasteiger charge is 2.23. The largest absolute Gasteiger partial charge is 0.324 e. The van der Waals surface area contributed by atoms with Gasteiger partial charge in [0.15, 0.2) is 0 Å². The van der Waals surface area contributed by atoms with Crippen molar-refractivity contribution >= 4 is 5.69 Å². The second-order valence-corrected chi connectivity index (χ2v) is 5.94. The van der Waals surface area contributed by atoms with Gasteiger partial charge < -0.3 is 5.43 Å². The molecule has 1 heterocycles. The summed E-state index contributed by atoms with van der Waals surface area (Å²) in [5, 5.41) is 0. The van der Waals surface area contributed by atoms with E-state index in [-0.39, 0.29) is 0 Å². The quantitative estimate of drug-likeness (QED) is 0.611. The summed E-state index contributed by atoms with van der Waals surface area (Å²) < 4.78 is 0. The normalized spacial score (nSPS) is 16.5. The van der Waals surface area contributed by atoms with E-state index in [2.05, 4.69) is 29.2 Å². The second kappa shape index (κ2) is 6.87. The first-order valence-electron chi connectivity index (χ1n) is 7.34. The van der Waals surface area contributed by atoms with Gasteiger partial charge in [0.05, 0.1) is 11.4 Å². The molecular weight excluding hydrogens is 236 g/mol. The van der Waals surface area contributed by atoms with Gasteiger partial charge >= 0.3 is 0 Å². The van der Waals surface area contributed by atoms with E-state index in [0.717, 1.165) is 30.5 Å². The molecule has 0 atom stereocenters. The van der Waals surface area contributed by atoms with Crippen LogP contribution in [0.4, 0.5) is 5.69 Å². The first kappa shape index (κ1) is 14.3. The Bertz CT molecular complexity index is 385. The van der Waals surface area contributed by atoms with Crippen LogP contribution < -0.4 is 11.3 Å². The lowest BCUT2D eigenvalue weighted by Gasteiger charge is -2.30. The highest BCUT2D eigenvalue weighted by molar-refractivity contribution is 5.41. The average Bonchev–Trinajstić information content (AvgIpc) is 2.91. The number of nitrogens with zero attached hydrogens (tertiary/aromatic N) is 2. The molecule has 19 heavy (non-hydrogen) atoms. The molecule has 106 valence electrons. The van der Waals surface area contributed by atoms with Crippen LogP contribution in [-0.4, -0.2) is 22.5 Å². The van der Waals surface area contributed by atoms with E-state index >= 15 is 0 Å². The van der Waals surface area contributed by atoms with Crippen molar-refractivity contribution in [3.63, 3.8) is 0 Å². The number of hydrogen-bond acceptors (Lipinski definition) is 4. The molecule has 4 heteroatoms. The molecule has 0 unspecified atom stereocenters. The fourth-order valence-corrected chi connectivity index (χ4v) is 2.94. The van der Waals surface area contributed by atoms with Crippen molar-refractivity contribution < 1.29 is 0 Å². The van der Waals surface area contributed by atoms with E-state index in [4.69, 9.17) is 5.84 Å². The molecule has 0 aromatic carbocycles. The maximum Gasteiger partial charge on any atom is 0.0565 e. The highest BCUT2D eigenvalue weighted by atomic mass is 15.2. The van der Waals surface area contributed by atoms with Crippen molar-refractivity contribution in [3.05, 3.63) is 24.0 Å². The third-order valence-electron chi connectivity index (χ3n) is 3.79. The molecule has 0 aliphatic heterocycles. The summed E-state index contributed by atoms with van der Waals surface area (Å²) in [5.41, 5.74) is 4.72. The number of pyridine rings is 1. The lowest BCUT2D eigenvalue weighted by atomic mass is 10.1. The summed E-state index contributed by atoms with van der Waals surface area (Å²) in [6, 6.07) is 4.67. The minimum Gasteiger partial charge on any atom is -0.324 e. The smallest absolute Gasteiger partial charge is 0.0565 e. The highest BCUT2D eigenvalue weighted by Crippen LogP contribution is 2.25. The third-order valence-corrected chi connectivity index (χ3v) is 3.79. The Labute approximate surface area is 116 Å². The van der Waals surface area contributed by atoms with Crippen LogP contribution in [0.1, 0.15) is 45.2 Å². The predicted octanol–water partition coefficient (Wildman–Crippen LogP) is 2.77. The number of anilines is 1. The van der Waals surface area contributed by atoms with E-state index in [0.29, 0.717) is 5.92 Å². The van der Waals surface area contributed by atoms with Crippen LogP contribution >= 0.6 is 0 Å². The zero-order valence-electron chi connectivity index (χ0n) is 12.1. The molecule has 1 aromatic heterocycles. The number of rotatable bonds is 6. The molecule has 2 rings (SSSR count). The molecule has 1 saturated carbocycles. The lowest BCUT2D eigenvalue weighted by Crippen LogP contribution is -2.36. The molecule has 0 radical (unpaired) electrons. The van der Waals surface area contributed by atoms with Crippen LogP contribution in [0, 0.1) is 5.92 Å². The van der Waals surface area contributed by atoms with Gasteiger partial charge in [-0.3, -0.25) is 15.7 Å². The Morgan fingerprint density at radius 2 is 2.16 bits per heavy atom. The van der Waals surface area contributed by atoms with E-state index in [9.17, 15) is 0 Å². The number of hydrazine groups is 1. The first-order valence-corrected chi connectivity index (χ1v) is 7.34. The fourth-order valence-electron chi connectivity index (χ4n) is 2.94. The van der Waals surface area contributed by atoms with Crippen molar-refractivity contribution in [1.82, 2.24) is 9.88 Å². The van der Waals surface area contributed by atoms with Crippen LogP contribution in [0.5, 0.6) is 0 Å². The van der Waals surface area contributed by atoms with Gasteiger partial charge in [0, 0.05) is 25.3 Å². The minimum absolute atomic E-state index is 0.691. The molecule has 3 N–H and O–H groups in total. The SMILES string of the molecule is CC(C)CN(Cc1cc(NN)ccn1)C1CCCC1. The average molecular weight is 262 g/mol. The van der Waals surface area contributed by atoms with Gasteiger partial charge in [0.2, 0.25) is 0 Å². The minimum atomic E-state index is 0.691. The Morgan fingerprint density at radius 1 is 1.42 bits per heavy atom. The Morgan fingerprint density at radius 3 is 2.79 bits per heavy atom. The molecular formula is C15H26N4. The van der Waals surface area contributed by atoms with Crippen LogP contribution in [0.3, 0.4) is 0 Å². The van der Waals surface area contributed by atoms with Crippen LogP contribution in [0.25, 0.3) is 0 Å². The summed E-state index contributed by atoms with van der Waals surface area (Å²) in [5.74, 6) is 6.15. The molecule has 0 saturated heterocycles. The molecule has 4 nitrogen and oxygen atoms in total. The molecule has 1 aliphatic rings. The summed E-state index contributed by atoms with van der Waals surface area (Å²) in [6.07, 6.45) is 7.24. The third kappa shape index (κ3) is 4.18. The summed E-state index contributed by atoms with van der Waals surface area (Å²) in [7, 11) is 0. The Balaban J connectivity index is 2.05. The fraction of sp³-hybridized carbons (Fsp3) is 0.667. The topological polar surface area (TPSA) is 54.2 Å². The monoisotopic (exact) mass is 262 g/mol. The molecule has 0 amide bonds. The second-order valence-electron chi connectivity index (χ2n) is 5.94. The number of hydrogen-bond donors (Lipinski definition) is 2. The van der Waals surface area contributed by atoms with Gasteiger partial charge in [-0.25, -0.2) is 0 Å². The zero-order valence-corrected chi connectivity index (χ0v) is 12.1. The van der Waals surface area contributed by atoms with Crippen molar-refractivity contribution in [2.75, 3.05) is 12.0 Å². The van der Waals surface area contributed by atoms with Crippen LogP contribution in [0.15, 0.2) is 18.3 Å². The molecule has 0 bridgehead atoms. The number of nitrogens with two attached hydrogens (primary N) is 1. The predicted molar refractivity (Wildman–Crippen MR) is 79.6 cm³/mol. The van der Waals surface area contributed by atoms with Crippen LogP contribution in [0.2, 0.25) is 0 Å². The van der Waals surface area contributed by atoms with Crippen LogP contribution in [-0.2, 0) is 6.54 Å². The van der Waals surface area contributed by atoms with Gasteiger partial charge in [-0.05, 0) is 30.9 Å². The molecule has 1 fully saturated rings. The van der Waals surface area contributed by atoms with Crippen molar-refractivity contribution in [2.45, 2.75) is 52.1 Å². The van der Waals surface area contributed by atoms with Gasteiger partial charge in [-0.1, -0.05) is 26.7 Å². The number of aromatic nitrogens is 1. The van der Waals surface area contributed by atoms with Crippen molar-refractivity contribution in [2.24, 2.45) is 11.8 Å². The molecule has 0 spiro atoms. The van der Waals surface area contributed by atoms with Gasteiger partial charge in [-0.15, -0.1) is 0 Å². The van der Waals surface area contributed by atoms with Crippen molar-refractivity contribution in [1.29, 1.82) is 0 Å². The first-order chi connectivity index (χ1) is 9.19. The molecule has 1 aliphatic carbocycles. The van der Waals surface area contributed by atoms with E-state index < -0.39 is 0 Å². The van der Waals surface area contributed by atoms with Gasteiger partial charge in [-0.2, -0.15) is 0 Å². The van der Waals surface area contributed by atoms with Crippen molar-refractivity contribution in [3.8, 4) is 0 Å². The van der Waals surface area contributed by atoms with E-state index in [1.807, 2.05) is 18.3 Å². The molecule has 1 aromatic rings. The maximum absolute atomic E-state index is 5.46. The summed E-state index contributed by atoms with van der Waals surface area (Å²) in [4.78, 5) is 7.07. The Kier molecular flexibility index (Phi) is 5.16. The standard InChI is InChI=1S/C15H26N4/c1-12(2)10-19(15-5-3-4-6-15)11-14-9-13(18-16)7-8-17-14/h7-9,12,15H,3-6,10-11,16H2,1-2H3,(H,17,18). The summed E-state index contributed by atoms with van der Waals surface area (Å²) in [6.45, 7) is 6.64.